The largest absolute Gasteiger partial charge is 0.390 e. The minimum Gasteiger partial charge on any atom is -0.390 e. The van der Waals surface area contributed by atoms with Crippen molar-refractivity contribution in [2.24, 2.45) is 0 Å². The van der Waals surface area contributed by atoms with Crippen LogP contribution in [0.4, 0.5) is 5.00 Å². The Morgan fingerprint density at radius 3 is 3.06 bits per heavy atom. The summed E-state index contributed by atoms with van der Waals surface area (Å²) in [5.41, 5.74) is 7.73. The number of nitrogen functional groups attached to an aromatic ring is 1. The number of anilines is 1. The molecule has 0 aromatic carbocycles. The molecule has 0 aliphatic carbocycles. The summed E-state index contributed by atoms with van der Waals surface area (Å²) >= 11 is 1.60. The summed E-state index contributed by atoms with van der Waals surface area (Å²) in [5.74, 6) is 0.751. The Morgan fingerprint density at radius 1 is 1.41 bits per heavy atom. The van der Waals surface area contributed by atoms with Crippen LogP contribution in [0, 0.1) is 0 Å². The molecule has 0 unspecified atom stereocenters. The molecule has 3 rings (SSSR count). The van der Waals surface area contributed by atoms with Crippen molar-refractivity contribution in [3.05, 3.63) is 29.5 Å². The molecular formula is C11H11N5S. The molecular weight excluding hydrogens is 234 g/mol. The first kappa shape index (κ1) is 10.2. The maximum Gasteiger partial charge on any atom is 0.172 e. The number of aromatic nitrogens is 4. The van der Waals surface area contributed by atoms with E-state index in [2.05, 4.69) is 28.2 Å². The fourth-order valence-electron chi connectivity index (χ4n) is 1.74. The first-order chi connectivity index (χ1) is 8.29. The molecule has 2 N–H and O–H groups in total. The lowest BCUT2D eigenvalue weighted by Gasteiger charge is -1.96. The van der Waals surface area contributed by atoms with E-state index in [1.165, 1.54) is 4.88 Å². The van der Waals surface area contributed by atoms with E-state index in [-0.39, 0.29) is 0 Å². The number of hydrogen-bond acceptors (Lipinski definition) is 5. The van der Waals surface area contributed by atoms with E-state index in [1.807, 2.05) is 10.5 Å². The third kappa shape index (κ3) is 1.57. The maximum absolute atomic E-state index is 6.02. The van der Waals surface area contributed by atoms with Gasteiger partial charge in [-0.15, -0.1) is 21.5 Å². The van der Waals surface area contributed by atoms with Gasteiger partial charge in [-0.05, 0) is 12.5 Å². The smallest absolute Gasteiger partial charge is 0.172 e. The molecule has 5 nitrogen and oxygen atoms in total. The van der Waals surface area contributed by atoms with Crippen molar-refractivity contribution in [3.63, 3.8) is 0 Å². The number of fused-ring (bicyclic) bond motifs is 1. The molecule has 3 aromatic rings. The van der Waals surface area contributed by atoms with Crippen LogP contribution in [0.1, 0.15) is 11.8 Å². The second-order valence-electron chi connectivity index (χ2n) is 3.68. The SMILES string of the molecule is CCc1cc(-c2nnc3ccncn23)c(N)s1. The summed E-state index contributed by atoms with van der Waals surface area (Å²) in [4.78, 5) is 5.32. The second kappa shape index (κ2) is 3.81. The monoisotopic (exact) mass is 245 g/mol. The summed E-state index contributed by atoms with van der Waals surface area (Å²) in [6.07, 6.45) is 4.37. The molecule has 3 aromatic heterocycles. The fourth-order valence-corrected chi connectivity index (χ4v) is 2.60. The minimum atomic E-state index is 0.751. The normalized spacial score (nSPS) is 11.1. The van der Waals surface area contributed by atoms with Gasteiger partial charge in [0.05, 0.1) is 10.6 Å². The molecule has 0 atom stereocenters. The highest BCUT2D eigenvalue weighted by molar-refractivity contribution is 7.16. The highest BCUT2D eigenvalue weighted by Gasteiger charge is 2.13. The van der Waals surface area contributed by atoms with Crippen molar-refractivity contribution in [2.45, 2.75) is 13.3 Å². The van der Waals surface area contributed by atoms with Crippen molar-refractivity contribution in [1.82, 2.24) is 19.6 Å². The Balaban J connectivity index is 2.23. The number of nitrogens with two attached hydrogens (primary N) is 1. The van der Waals surface area contributed by atoms with Crippen molar-refractivity contribution in [2.75, 3.05) is 5.73 Å². The first-order valence-electron chi connectivity index (χ1n) is 5.33. The van der Waals surface area contributed by atoms with E-state index in [4.69, 9.17) is 5.73 Å². The highest BCUT2D eigenvalue weighted by atomic mass is 32.1. The van der Waals surface area contributed by atoms with Crippen LogP contribution in [0.3, 0.4) is 0 Å². The van der Waals surface area contributed by atoms with Gasteiger partial charge in [-0.25, -0.2) is 4.98 Å². The van der Waals surface area contributed by atoms with Crippen LogP contribution in [-0.4, -0.2) is 19.6 Å². The Morgan fingerprint density at radius 2 is 2.29 bits per heavy atom. The van der Waals surface area contributed by atoms with Gasteiger partial charge in [0.2, 0.25) is 0 Å². The second-order valence-corrected chi connectivity index (χ2v) is 4.84. The van der Waals surface area contributed by atoms with Gasteiger partial charge < -0.3 is 5.73 Å². The molecule has 0 amide bonds. The summed E-state index contributed by atoms with van der Waals surface area (Å²) in [6.45, 7) is 2.11. The quantitative estimate of drug-likeness (QED) is 0.749. The van der Waals surface area contributed by atoms with Crippen LogP contribution in [0.25, 0.3) is 17.0 Å². The van der Waals surface area contributed by atoms with Crippen LogP contribution in [0.5, 0.6) is 0 Å². The zero-order chi connectivity index (χ0) is 11.8. The molecule has 6 heteroatoms. The number of aryl methyl sites for hydroxylation is 1. The molecule has 0 radical (unpaired) electrons. The minimum absolute atomic E-state index is 0.751. The molecule has 0 saturated heterocycles. The van der Waals surface area contributed by atoms with Gasteiger partial charge in [-0.2, -0.15) is 0 Å². The lowest BCUT2D eigenvalue weighted by Crippen LogP contribution is -1.91. The molecule has 0 spiro atoms. The van der Waals surface area contributed by atoms with Crippen LogP contribution in [0.2, 0.25) is 0 Å². The van der Waals surface area contributed by atoms with Gasteiger partial charge in [0.15, 0.2) is 11.5 Å². The predicted octanol–water partition coefficient (Wildman–Crippen LogP) is 2.00. The van der Waals surface area contributed by atoms with Crippen LogP contribution < -0.4 is 5.73 Å². The van der Waals surface area contributed by atoms with E-state index < -0.39 is 0 Å². The molecule has 0 aliphatic heterocycles. The first-order valence-corrected chi connectivity index (χ1v) is 6.14. The van der Waals surface area contributed by atoms with Crippen molar-refractivity contribution in [1.29, 1.82) is 0 Å². The highest BCUT2D eigenvalue weighted by Crippen LogP contribution is 2.33. The average molecular weight is 245 g/mol. The zero-order valence-corrected chi connectivity index (χ0v) is 10.1. The lowest BCUT2D eigenvalue weighted by atomic mass is 10.2. The number of nitrogens with zero attached hydrogens (tertiary/aromatic N) is 4. The summed E-state index contributed by atoms with van der Waals surface area (Å²) in [6, 6.07) is 3.89. The summed E-state index contributed by atoms with van der Waals surface area (Å²) in [5, 5.41) is 9.04. The third-order valence-corrected chi connectivity index (χ3v) is 3.72. The van der Waals surface area contributed by atoms with Gasteiger partial charge in [0.25, 0.3) is 0 Å². The summed E-state index contributed by atoms with van der Waals surface area (Å²) < 4.78 is 1.85. The molecule has 0 bridgehead atoms. The Hall–Kier alpha value is -1.95. The zero-order valence-electron chi connectivity index (χ0n) is 9.29. The van der Waals surface area contributed by atoms with Crippen LogP contribution in [-0.2, 0) is 6.42 Å². The average Bonchev–Trinajstić information content (AvgIpc) is 2.92. The van der Waals surface area contributed by atoms with Crippen molar-refractivity contribution >= 4 is 22.0 Å². The Labute approximate surface area is 102 Å². The predicted molar refractivity (Wildman–Crippen MR) is 67.9 cm³/mol. The lowest BCUT2D eigenvalue weighted by molar-refractivity contribution is 1.08. The van der Waals surface area contributed by atoms with Crippen molar-refractivity contribution in [3.8, 4) is 11.4 Å². The standard InChI is InChI=1S/C11H11N5S/c1-2-7-5-8(10(12)17-7)11-15-14-9-3-4-13-6-16(9)11/h3-6H,2,12H2,1H3. The van der Waals surface area contributed by atoms with E-state index in [1.54, 1.807) is 23.9 Å². The van der Waals surface area contributed by atoms with Gasteiger partial charge in [0.1, 0.15) is 6.33 Å². The molecule has 0 aliphatic rings. The van der Waals surface area contributed by atoms with Crippen molar-refractivity contribution < 1.29 is 0 Å². The van der Waals surface area contributed by atoms with E-state index in [9.17, 15) is 0 Å². The molecule has 0 saturated carbocycles. The molecule has 17 heavy (non-hydrogen) atoms. The van der Waals surface area contributed by atoms with E-state index >= 15 is 0 Å². The van der Waals surface area contributed by atoms with E-state index in [0.29, 0.717) is 0 Å². The van der Waals surface area contributed by atoms with Gasteiger partial charge in [0, 0.05) is 17.1 Å². The number of rotatable bonds is 2. The Bertz CT molecular complexity index is 669. The van der Waals surface area contributed by atoms with Gasteiger partial charge >= 0.3 is 0 Å². The molecule has 3 heterocycles. The number of thiophene rings is 1. The van der Waals surface area contributed by atoms with E-state index in [0.717, 1.165) is 28.5 Å². The fraction of sp³-hybridized carbons (Fsp3) is 0.182. The van der Waals surface area contributed by atoms with Crippen LogP contribution in [0.15, 0.2) is 24.7 Å². The van der Waals surface area contributed by atoms with Crippen LogP contribution >= 0.6 is 11.3 Å². The molecule has 0 fully saturated rings. The van der Waals surface area contributed by atoms with Gasteiger partial charge in [-0.1, -0.05) is 6.92 Å². The molecule has 86 valence electrons. The third-order valence-electron chi connectivity index (χ3n) is 2.62. The maximum atomic E-state index is 6.02. The van der Waals surface area contributed by atoms with Gasteiger partial charge in [-0.3, -0.25) is 4.40 Å². The topological polar surface area (TPSA) is 69.1 Å². The Kier molecular flexibility index (Phi) is 2.29. The summed E-state index contributed by atoms with van der Waals surface area (Å²) in [7, 11) is 0. The number of hydrogen-bond donors (Lipinski definition) is 1.